The SMILES string of the molecule is CN(CCCCC(=O)O)C(=O)CNC(=O)OCC1c2ccccc2-c2ccccc21. The number of benzene rings is 2. The molecule has 0 aliphatic heterocycles. The molecule has 158 valence electrons. The second-order valence-electron chi connectivity index (χ2n) is 7.35. The molecule has 0 saturated heterocycles. The lowest BCUT2D eigenvalue weighted by atomic mass is 9.98. The Hall–Kier alpha value is -3.35. The van der Waals surface area contributed by atoms with Crippen molar-refractivity contribution in [2.45, 2.75) is 25.2 Å². The molecule has 2 amide bonds. The minimum Gasteiger partial charge on any atom is -0.481 e. The van der Waals surface area contributed by atoms with E-state index in [2.05, 4.69) is 17.4 Å². The number of ether oxygens (including phenoxy) is 1. The summed E-state index contributed by atoms with van der Waals surface area (Å²) in [5.74, 6) is -1.13. The van der Waals surface area contributed by atoms with Gasteiger partial charge in [-0.15, -0.1) is 0 Å². The van der Waals surface area contributed by atoms with Crippen molar-refractivity contribution in [3.8, 4) is 11.1 Å². The number of carboxylic acid groups (broad SMARTS) is 1. The van der Waals surface area contributed by atoms with Crippen molar-refractivity contribution in [1.29, 1.82) is 0 Å². The van der Waals surface area contributed by atoms with Gasteiger partial charge in [0.15, 0.2) is 0 Å². The smallest absolute Gasteiger partial charge is 0.407 e. The van der Waals surface area contributed by atoms with Gasteiger partial charge in [-0.3, -0.25) is 9.59 Å². The van der Waals surface area contributed by atoms with Crippen molar-refractivity contribution < 1.29 is 24.2 Å². The minimum atomic E-state index is -0.846. The van der Waals surface area contributed by atoms with Crippen molar-refractivity contribution in [2.75, 3.05) is 26.7 Å². The van der Waals surface area contributed by atoms with Crippen LogP contribution in [-0.2, 0) is 14.3 Å². The zero-order chi connectivity index (χ0) is 21.5. The third-order valence-corrected chi connectivity index (χ3v) is 5.29. The number of nitrogens with zero attached hydrogens (tertiary/aromatic N) is 1. The average Bonchev–Trinajstić information content (AvgIpc) is 3.07. The Morgan fingerprint density at radius 3 is 2.20 bits per heavy atom. The van der Waals surface area contributed by atoms with Crippen LogP contribution in [0.1, 0.15) is 36.3 Å². The fourth-order valence-corrected chi connectivity index (χ4v) is 3.68. The number of aliphatic carboxylic acids is 1. The lowest BCUT2D eigenvalue weighted by Crippen LogP contribution is -2.39. The molecule has 2 N–H and O–H groups in total. The first-order valence-corrected chi connectivity index (χ1v) is 10.0. The van der Waals surface area contributed by atoms with E-state index < -0.39 is 12.1 Å². The molecule has 0 bridgehead atoms. The summed E-state index contributed by atoms with van der Waals surface area (Å²) in [4.78, 5) is 36.2. The van der Waals surface area contributed by atoms with E-state index in [9.17, 15) is 14.4 Å². The van der Waals surface area contributed by atoms with Crippen molar-refractivity contribution in [3.05, 3.63) is 59.7 Å². The molecule has 0 saturated carbocycles. The molecule has 7 heteroatoms. The van der Waals surface area contributed by atoms with Gasteiger partial charge in [0.1, 0.15) is 13.2 Å². The number of hydrogen-bond acceptors (Lipinski definition) is 4. The Morgan fingerprint density at radius 2 is 1.60 bits per heavy atom. The molecule has 0 unspecified atom stereocenters. The maximum Gasteiger partial charge on any atom is 0.407 e. The van der Waals surface area contributed by atoms with Crippen molar-refractivity contribution in [2.24, 2.45) is 0 Å². The van der Waals surface area contributed by atoms with Crippen LogP contribution in [0.5, 0.6) is 0 Å². The molecule has 0 fully saturated rings. The van der Waals surface area contributed by atoms with Gasteiger partial charge < -0.3 is 20.1 Å². The number of likely N-dealkylation sites (N-methyl/N-ethyl adjacent to an activating group) is 1. The van der Waals surface area contributed by atoms with Crippen LogP contribution < -0.4 is 5.32 Å². The minimum absolute atomic E-state index is 0.0317. The van der Waals surface area contributed by atoms with Crippen molar-refractivity contribution in [1.82, 2.24) is 10.2 Å². The Balaban J connectivity index is 1.46. The summed E-state index contributed by atoms with van der Waals surface area (Å²) in [6.45, 7) is 0.476. The summed E-state index contributed by atoms with van der Waals surface area (Å²) in [7, 11) is 1.63. The Bertz CT molecular complexity index is 882. The van der Waals surface area contributed by atoms with Crippen LogP contribution in [0.2, 0.25) is 0 Å². The van der Waals surface area contributed by atoms with Crippen LogP contribution in [0.4, 0.5) is 4.79 Å². The number of unbranched alkanes of at least 4 members (excludes halogenated alkanes) is 1. The highest BCUT2D eigenvalue weighted by Crippen LogP contribution is 2.44. The third-order valence-electron chi connectivity index (χ3n) is 5.29. The summed E-state index contributed by atoms with van der Waals surface area (Å²) in [5.41, 5.74) is 4.57. The first kappa shape index (κ1) is 21.4. The summed E-state index contributed by atoms with van der Waals surface area (Å²) in [6.07, 6.45) is 0.552. The topological polar surface area (TPSA) is 95.9 Å². The predicted octanol–water partition coefficient (Wildman–Crippen LogP) is 3.24. The molecule has 0 radical (unpaired) electrons. The number of alkyl carbamates (subject to hydrolysis) is 1. The summed E-state index contributed by atoms with van der Waals surface area (Å²) >= 11 is 0. The monoisotopic (exact) mass is 410 g/mol. The first-order valence-electron chi connectivity index (χ1n) is 10.0. The molecule has 1 aliphatic carbocycles. The van der Waals surface area contributed by atoms with Gasteiger partial charge in [-0.05, 0) is 35.1 Å². The van der Waals surface area contributed by atoms with E-state index in [1.165, 1.54) is 4.90 Å². The second kappa shape index (κ2) is 9.91. The molecular formula is C23H26N2O5. The van der Waals surface area contributed by atoms with E-state index in [4.69, 9.17) is 9.84 Å². The molecule has 0 aromatic heterocycles. The van der Waals surface area contributed by atoms with Gasteiger partial charge in [0.25, 0.3) is 0 Å². The molecule has 0 heterocycles. The standard InChI is InChI=1S/C23H26N2O5/c1-25(13-7-6-12-22(27)28)21(26)14-24-23(29)30-15-20-18-10-4-2-8-16(18)17-9-3-5-11-19(17)20/h2-5,8-11,20H,6-7,12-15H2,1H3,(H,24,29)(H,27,28). The lowest BCUT2D eigenvalue weighted by molar-refractivity contribution is -0.137. The second-order valence-corrected chi connectivity index (χ2v) is 7.35. The third kappa shape index (κ3) is 5.17. The van der Waals surface area contributed by atoms with Crippen LogP contribution in [0.3, 0.4) is 0 Å². The van der Waals surface area contributed by atoms with E-state index in [-0.39, 0.29) is 31.4 Å². The fourth-order valence-electron chi connectivity index (χ4n) is 3.68. The number of fused-ring (bicyclic) bond motifs is 3. The lowest BCUT2D eigenvalue weighted by Gasteiger charge is -2.18. The molecule has 1 aliphatic rings. The number of amides is 2. The predicted molar refractivity (Wildman–Crippen MR) is 112 cm³/mol. The van der Waals surface area contributed by atoms with E-state index in [1.807, 2.05) is 36.4 Å². The zero-order valence-electron chi connectivity index (χ0n) is 17.0. The van der Waals surface area contributed by atoms with E-state index >= 15 is 0 Å². The van der Waals surface area contributed by atoms with E-state index in [0.717, 1.165) is 22.3 Å². The number of rotatable bonds is 9. The maximum absolute atomic E-state index is 12.1. The van der Waals surface area contributed by atoms with Gasteiger partial charge >= 0.3 is 12.1 Å². The highest BCUT2D eigenvalue weighted by molar-refractivity contribution is 5.82. The van der Waals surface area contributed by atoms with Crippen LogP contribution in [0.25, 0.3) is 11.1 Å². The van der Waals surface area contributed by atoms with Gasteiger partial charge in [0, 0.05) is 25.9 Å². The molecule has 0 spiro atoms. The number of carbonyl (C=O) groups excluding carboxylic acids is 2. The molecule has 30 heavy (non-hydrogen) atoms. The number of nitrogens with one attached hydrogen (secondary N) is 1. The normalized spacial score (nSPS) is 12.0. The van der Waals surface area contributed by atoms with Crippen LogP contribution >= 0.6 is 0 Å². The fraction of sp³-hybridized carbons (Fsp3) is 0.348. The Labute approximate surface area is 175 Å². The average molecular weight is 410 g/mol. The molecular weight excluding hydrogens is 384 g/mol. The first-order chi connectivity index (χ1) is 14.5. The zero-order valence-corrected chi connectivity index (χ0v) is 17.0. The highest BCUT2D eigenvalue weighted by atomic mass is 16.5. The summed E-state index contributed by atoms with van der Waals surface area (Å²) in [6, 6.07) is 16.2. The van der Waals surface area contributed by atoms with Gasteiger partial charge in [-0.1, -0.05) is 48.5 Å². The quantitative estimate of drug-likeness (QED) is 0.619. The van der Waals surface area contributed by atoms with E-state index in [0.29, 0.717) is 19.4 Å². The summed E-state index contributed by atoms with van der Waals surface area (Å²) < 4.78 is 5.41. The van der Waals surface area contributed by atoms with Gasteiger partial charge in [0.2, 0.25) is 5.91 Å². The van der Waals surface area contributed by atoms with Gasteiger partial charge in [-0.25, -0.2) is 4.79 Å². The van der Waals surface area contributed by atoms with E-state index in [1.54, 1.807) is 7.05 Å². The molecule has 3 rings (SSSR count). The van der Waals surface area contributed by atoms with Crippen molar-refractivity contribution >= 4 is 18.0 Å². The molecule has 7 nitrogen and oxygen atoms in total. The van der Waals surface area contributed by atoms with Gasteiger partial charge in [-0.2, -0.15) is 0 Å². The number of hydrogen-bond donors (Lipinski definition) is 2. The van der Waals surface area contributed by atoms with Crippen LogP contribution in [-0.4, -0.2) is 54.7 Å². The highest BCUT2D eigenvalue weighted by Gasteiger charge is 2.29. The molecule has 2 aromatic rings. The Morgan fingerprint density at radius 1 is 1.00 bits per heavy atom. The maximum atomic E-state index is 12.1. The largest absolute Gasteiger partial charge is 0.481 e. The van der Waals surface area contributed by atoms with Gasteiger partial charge in [0.05, 0.1) is 0 Å². The Kier molecular flexibility index (Phi) is 7.06. The summed E-state index contributed by atoms with van der Waals surface area (Å²) in [5, 5.41) is 11.1. The number of carbonyl (C=O) groups is 3. The number of carboxylic acids is 1. The van der Waals surface area contributed by atoms with Crippen molar-refractivity contribution in [3.63, 3.8) is 0 Å². The molecule has 0 atom stereocenters. The molecule has 2 aromatic carbocycles. The van der Waals surface area contributed by atoms with Crippen LogP contribution in [0, 0.1) is 0 Å². The van der Waals surface area contributed by atoms with Crippen LogP contribution in [0.15, 0.2) is 48.5 Å².